The van der Waals surface area contributed by atoms with E-state index in [1.807, 2.05) is 24.9 Å². The van der Waals surface area contributed by atoms with Crippen LogP contribution >= 0.6 is 0 Å². The lowest BCUT2D eigenvalue weighted by Gasteiger charge is -2.33. The summed E-state index contributed by atoms with van der Waals surface area (Å²) in [6, 6.07) is 3.60. The van der Waals surface area contributed by atoms with E-state index in [0.29, 0.717) is 24.7 Å². The minimum Gasteiger partial charge on any atom is -0.393 e. The minimum atomic E-state index is -0.289. The molecule has 0 radical (unpaired) electrons. The second kappa shape index (κ2) is 6.02. The number of nitrogens with zero attached hydrogens (tertiary/aromatic N) is 2. The van der Waals surface area contributed by atoms with Gasteiger partial charge in [0.15, 0.2) is 0 Å². The van der Waals surface area contributed by atoms with Crippen LogP contribution in [0.15, 0.2) is 18.3 Å². The summed E-state index contributed by atoms with van der Waals surface area (Å²) in [7, 11) is 1.82. The molecule has 1 saturated heterocycles. The molecule has 104 valence electrons. The molecule has 0 aliphatic carbocycles. The Labute approximate surface area is 113 Å². The molecule has 2 N–H and O–H groups in total. The Balaban J connectivity index is 2.01. The number of anilines is 1. The number of hydrogen-bond donors (Lipinski definition) is 2. The average molecular weight is 263 g/mol. The molecule has 1 aromatic heterocycles. The molecule has 2 rings (SSSR count). The Kier molecular flexibility index (Phi) is 4.37. The first-order valence-electron chi connectivity index (χ1n) is 6.73. The van der Waals surface area contributed by atoms with E-state index in [-0.39, 0.29) is 12.0 Å². The number of aliphatic hydroxyl groups is 1. The lowest BCUT2D eigenvalue weighted by atomic mass is 9.92. The van der Waals surface area contributed by atoms with Crippen molar-refractivity contribution in [2.75, 3.05) is 25.5 Å². The maximum atomic E-state index is 12.3. The van der Waals surface area contributed by atoms with E-state index in [1.165, 1.54) is 0 Å². The third kappa shape index (κ3) is 3.23. The summed E-state index contributed by atoms with van der Waals surface area (Å²) in [5.41, 5.74) is 1.36. The lowest BCUT2D eigenvalue weighted by molar-refractivity contribution is 0.0517. The summed E-state index contributed by atoms with van der Waals surface area (Å²) in [6.07, 6.45) is 3.06. The number of carbonyl (C=O) groups is 1. The van der Waals surface area contributed by atoms with Gasteiger partial charge in [0, 0.05) is 32.0 Å². The van der Waals surface area contributed by atoms with Gasteiger partial charge < -0.3 is 15.3 Å². The van der Waals surface area contributed by atoms with Gasteiger partial charge in [-0.3, -0.25) is 9.78 Å². The van der Waals surface area contributed by atoms with Crippen LogP contribution in [0, 0.1) is 5.92 Å². The maximum Gasteiger partial charge on any atom is 0.272 e. The van der Waals surface area contributed by atoms with E-state index in [2.05, 4.69) is 10.3 Å². The van der Waals surface area contributed by atoms with E-state index in [1.54, 1.807) is 12.3 Å². The monoisotopic (exact) mass is 263 g/mol. The standard InChI is InChI=1S/C14H21N3O2/c1-10(18)11-4-7-17(8-5-11)14(19)13-9-12(15-2)3-6-16-13/h3,6,9-11,18H,4-5,7-8H2,1-2H3,(H,15,16). The van der Waals surface area contributed by atoms with E-state index >= 15 is 0 Å². The number of aromatic nitrogens is 1. The summed E-state index contributed by atoms with van der Waals surface area (Å²) in [4.78, 5) is 18.3. The van der Waals surface area contributed by atoms with Crippen LogP contribution in [-0.2, 0) is 0 Å². The summed E-state index contributed by atoms with van der Waals surface area (Å²) in [5.74, 6) is 0.279. The van der Waals surface area contributed by atoms with Gasteiger partial charge in [-0.1, -0.05) is 0 Å². The smallest absolute Gasteiger partial charge is 0.272 e. The van der Waals surface area contributed by atoms with E-state index in [4.69, 9.17) is 0 Å². The molecule has 1 aliphatic heterocycles. The fraction of sp³-hybridized carbons (Fsp3) is 0.571. The van der Waals surface area contributed by atoms with Crippen molar-refractivity contribution in [3.63, 3.8) is 0 Å². The maximum absolute atomic E-state index is 12.3. The van der Waals surface area contributed by atoms with E-state index in [9.17, 15) is 9.90 Å². The van der Waals surface area contributed by atoms with E-state index < -0.39 is 0 Å². The van der Waals surface area contributed by atoms with Crippen LogP contribution in [0.1, 0.15) is 30.3 Å². The molecule has 1 atom stereocenters. The zero-order chi connectivity index (χ0) is 13.8. The average Bonchev–Trinajstić information content (AvgIpc) is 2.46. The Morgan fingerprint density at radius 3 is 2.79 bits per heavy atom. The first-order chi connectivity index (χ1) is 9.11. The molecule has 0 bridgehead atoms. The van der Waals surface area contributed by atoms with Gasteiger partial charge in [0.25, 0.3) is 5.91 Å². The topological polar surface area (TPSA) is 65.5 Å². The number of likely N-dealkylation sites (tertiary alicyclic amines) is 1. The molecule has 0 spiro atoms. The van der Waals surface area contributed by atoms with Gasteiger partial charge in [-0.05, 0) is 37.8 Å². The number of hydrogen-bond acceptors (Lipinski definition) is 4. The Hall–Kier alpha value is -1.62. The Morgan fingerprint density at radius 1 is 1.53 bits per heavy atom. The number of pyridine rings is 1. The summed E-state index contributed by atoms with van der Waals surface area (Å²) in [5, 5.41) is 12.6. The number of piperidine rings is 1. The Morgan fingerprint density at radius 2 is 2.21 bits per heavy atom. The van der Waals surface area contributed by atoms with Crippen LogP contribution in [0.4, 0.5) is 5.69 Å². The van der Waals surface area contributed by atoms with Crippen molar-refractivity contribution >= 4 is 11.6 Å². The highest BCUT2D eigenvalue weighted by molar-refractivity contribution is 5.93. The van der Waals surface area contributed by atoms with Crippen molar-refractivity contribution < 1.29 is 9.90 Å². The highest BCUT2D eigenvalue weighted by atomic mass is 16.3. The molecule has 1 amide bonds. The van der Waals surface area contributed by atoms with Crippen LogP contribution in [-0.4, -0.2) is 47.1 Å². The molecule has 5 heteroatoms. The highest BCUT2D eigenvalue weighted by Gasteiger charge is 2.26. The van der Waals surface area contributed by atoms with Gasteiger partial charge in [0.05, 0.1) is 6.10 Å². The van der Waals surface area contributed by atoms with Crippen LogP contribution in [0.2, 0.25) is 0 Å². The molecular weight excluding hydrogens is 242 g/mol. The van der Waals surface area contributed by atoms with E-state index in [0.717, 1.165) is 18.5 Å². The number of rotatable bonds is 3. The molecule has 0 saturated carbocycles. The molecule has 5 nitrogen and oxygen atoms in total. The highest BCUT2D eigenvalue weighted by Crippen LogP contribution is 2.21. The molecular formula is C14H21N3O2. The predicted octanol–water partition coefficient (Wildman–Crippen LogP) is 1.36. The molecule has 1 aromatic rings. The second-order valence-corrected chi connectivity index (χ2v) is 5.05. The van der Waals surface area contributed by atoms with Crippen molar-refractivity contribution in [3.05, 3.63) is 24.0 Å². The zero-order valence-corrected chi connectivity index (χ0v) is 11.5. The molecule has 1 fully saturated rings. The zero-order valence-electron chi connectivity index (χ0n) is 11.5. The third-order valence-corrected chi connectivity index (χ3v) is 3.78. The third-order valence-electron chi connectivity index (χ3n) is 3.78. The SMILES string of the molecule is CNc1ccnc(C(=O)N2CCC(C(C)O)CC2)c1. The number of nitrogens with one attached hydrogen (secondary N) is 1. The molecule has 19 heavy (non-hydrogen) atoms. The molecule has 1 aliphatic rings. The predicted molar refractivity (Wildman–Crippen MR) is 74.1 cm³/mol. The number of carbonyl (C=O) groups excluding carboxylic acids is 1. The van der Waals surface area contributed by atoms with Crippen LogP contribution < -0.4 is 5.32 Å². The second-order valence-electron chi connectivity index (χ2n) is 5.05. The minimum absolute atomic E-state index is 0.0267. The quantitative estimate of drug-likeness (QED) is 0.864. The fourth-order valence-corrected chi connectivity index (χ4v) is 2.45. The van der Waals surface area contributed by atoms with Gasteiger partial charge in [-0.15, -0.1) is 0 Å². The van der Waals surface area contributed by atoms with Crippen molar-refractivity contribution in [1.82, 2.24) is 9.88 Å². The summed E-state index contributed by atoms with van der Waals surface area (Å²) in [6.45, 7) is 3.21. The molecule has 2 heterocycles. The number of amides is 1. The van der Waals surface area contributed by atoms with Gasteiger partial charge in [0.1, 0.15) is 5.69 Å². The van der Waals surface area contributed by atoms with Crippen molar-refractivity contribution in [2.24, 2.45) is 5.92 Å². The number of aliphatic hydroxyl groups excluding tert-OH is 1. The van der Waals surface area contributed by atoms with Crippen LogP contribution in [0.5, 0.6) is 0 Å². The van der Waals surface area contributed by atoms with Gasteiger partial charge in [-0.2, -0.15) is 0 Å². The normalized spacial score (nSPS) is 18.2. The fourth-order valence-electron chi connectivity index (χ4n) is 2.45. The first kappa shape index (κ1) is 13.8. The van der Waals surface area contributed by atoms with Crippen LogP contribution in [0.25, 0.3) is 0 Å². The van der Waals surface area contributed by atoms with Crippen LogP contribution in [0.3, 0.4) is 0 Å². The summed E-state index contributed by atoms with van der Waals surface area (Å²) >= 11 is 0. The first-order valence-corrected chi connectivity index (χ1v) is 6.73. The van der Waals surface area contributed by atoms with Crippen molar-refractivity contribution in [3.8, 4) is 0 Å². The van der Waals surface area contributed by atoms with Crippen molar-refractivity contribution in [1.29, 1.82) is 0 Å². The van der Waals surface area contributed by atoms with Gasteiger partial charge >= 0.3 is 0 Å². The lowest BCUT2D eigenvalue weighted by Crippen LogP contribution is -2.41. The largest absolute Gasteiger partial charge is 0.393 e. The van der Waals surface area contributed by atoms with Crippen molar-refractivity contribution in [2.45, 2.75) is 25.9 Å². The molecule has 0 aromatic carbocycles. The molecule has 1 unspecified atom stereocenters. The van der Waals surface area contributed by atoms with Gasteiger partial charge in [0.2, 0.25) is 0 Å². The summed E-state index contributed by atoms with van der Waals surface area (Å²) < 4.78 is 0. The van der Waals surface area contributed by atoms with Gasteiger partial charge in [-0.25, -0.2) is 0 Å². The Bertz CT molecular complexity index is 440.